The van der Waals surface area contributed by atoms with Gasteiger partial charge in [0.1, 0.15) is 24.4 Å². The Balaban J connectivity index is 1.63. The lowest BCUT2D eigenvalue weighted by atomic mass is 10.0. The van der Waals surface area contributed by atoms with Gasteiger partial charge in [-0.2, -0.15) is 0 Å². The van der Waals surface area contributed by atoms with E-state index in [2.05, 4.69) is 0 Å². The molecule has 164 valence electrons. The second kappa shape index (κ2) is 9.84. The highest BCUT2D eigenvalue weighted by molar-refractivity contribution is 7.48. The average molecular weight is 424 g/mol. The quantitative estimate of drug-likeness (QED) is 0.548. The van der Waals surface area contributed by atoms with E-state index in [9.17, 15) is 4.57 Å². The molecule has 3 saturated heterocycles. The van der Waals surface area contributed by atoms with Gasteiger partial charge in [-0.05, 0) is 34.6 Å². The van der Waals surface area contributed by atoms with E-state index < -0.39 is 32.7 Å². The van der Waals surface area contributed by atoms with Gasteiger partial charge in [0, 0.05) is 25.8 Å². The van der Waals surface area contributed by atoms with Gasteiger partial charge >= 0.3 is 7.82 Å². The summed E-state index contributed by atoms with van der Waals surface area (Å²) >= 11 is 0. The van der Waals surface area contributed by atoms with Crippen molar-refractivity contribution in [2.24, 2.45) is 0 Å². The predicted molar refractivity (Wildman–Crippen MR) is 102 cm³/mol. The number of ether oxygens (including phenoxy) is 4. The topological polar surface area (TPSA) is 81.7 Å². The Morgan fingerprint density at radius 2 is 1.96 bits per heavy atom. The lowest BCUT2D eigenvalue weighted by molar-refractivity contribution is -0.113. The molecule has 0 aromatic carbocycles. The molecule has 3 aliphatic heterocycles. The molecule has 0 amide bonds. The zero-order valence-electron chi connectivity index (χ0n) is 18.4. The molecule has 0 spiro atoms. The van der Waals surface area contributed by atoms with E-state index in [4.69, 9.17) is 33.9 Å². The monoisotopic (exact) mass is 424 g/mol. The molecular formula is C19H35O8P. The molecule has 3 aliphatic rings. The minimum Gasteiger partial charge on any atom is -0.376 e. The SMILES string of the molecule is [3H][C@@H]1C[C@H](O[P@]2(=O)OCC[C@H]([C@H]3O[C@@H](C)C[C@@H]3OC(C)C)O2)[C@@H](COC(C)C)O1. The molecule has 0 aromatic rings. The second-order valence-corrected chi connectivity index (χ2v) is 9.76. The maximum Gasteiger partial charge on any atom is 0.475 e. The van der Waals surface area contributed by atoms with Gasteiger partial charge < -0.3 is 18.9 Å². The van der Waals surface area contributed by atoms with Gasteiger partial charge in [-0.1, -0.05) is 0 Å². The number of rotatable bonds is 8. The van der Waals surface area contributed by atoms with Gasteiger partial charge in [-0.25, -0.2) is 4.57 Å². The van der Waals surface area contributed by atoms with E-state index in [0.29, 0.717) is 6.42 Å². The van der Waals surface area contributed by atoms with Crippen LogP contribution in [0.3, 0.4) is 0 Å². The normalized spacial score (nSPS) is 45.1. The Morgan fingerprint density at radius 3 is 2.68 bits per heavy atom. The predicted octanol–water partition coefficient (Wildman–Crippen LogP) is 3.47. The van der Waals surface area contributed by atoms with Gasteiger partial charge in [-0.15, -0.1) is 0 Å². The van der Waals surface area contributed by atoms with Crippen molar-refractivity contribution in [2.45, 2.75) is 103 Å². The largest absolute Gasteiger partial charge is 0.475 e. The molecule has 28 heavy (non-hydrogen) atoms. The summed E-state index contributed by atoms with van der Waals surface area (Å²) in [5, 5.41) is 0. The van der Waals surface area contributed by atoms with Crippen LogP contribution < -0.4 is 0 Å². The molecule has 0 bridgehead atoms. The van der Waals surface area contributed by atoms with Crippen molar-refractivity contribution in [2.75, 3.05) is 19.8 Å². The molecule has 0 unspecified atom stereocenters. The van der Waals surface area contributed by atoms with Crippen LogP contribution >= 0.6 is 7.82 Å². The molecule has 8 nitrogen and oxygen atoms in total. The van der Waals surface area contributed by atoms with E-state index in [1.165, 1.54) is 0 Å². The van der Waals surface area contributed by atoms with Crippen LogP contribution in [0.25, 0.3) is 0 Å². The highest BCUT2D eigenvalue weighted by atomic mass is 31.2. The van der Waals surface area contributed by atoms with Crippen LogP contribution in [0.4, 0.5) is 0 Å². The average Bonchev–Trinajstić information content (AvgIpc) is 3.14. The lowest BCUT2D eigenvalue weighted by Gasteiger charge is -2.35. The van der Waals surface area contributed by atoms with Crippen LogP contribution in [0.15, 0.2) is 0 Å². The number of hydrogen-bond acceptors (Lipinski definition) is 8. The summed E-state index contributed by atoms with van der Waals surface area (Å²) in [4.78, 5) is 0. The van der Waals surface area contributed by atoms with Crippen molar-refractivity contribution < 1.29 is 38.5 Å². The second-order valence-electron chi connectivity index (χ2n) is 8.19. The van der Waals surface area contributed by atoms with Crippen LogP contribution in [-0.2, 0) is 37.1 Å². The molecule has 0 aliphatic carbocycles. The zero-order valence-corrected chi connectivity index (χ0v) is 18.3. The third-order valence-electron chi connectivity index (χ3n) is 4.92. The van der Waals surface area contributed by atoms with E-state index in [-0.39, 0.29) is 50.2 Å². The first-order valence-corrected chi connectivity index (χ1v) is 11.7. The van der Waals surface area contributed by atoms with Gasteiger partial charge in [0.05, 0.1) is 39.0 Å². The maximum absolute atomic E-state index is 13.2. The fourth-order valence-corrected chi connectivity index (χ4v) is 5.33. The van der Waals surface area contributed by atoms with E-state index in [1.807, 2.05) is 34.6 Å². The Kier molecular flexibility index (Phi) is 7.45. The summed E-state index contributed by atoms with van der Waals surface area (Å²) in [5.74, 6) is 0. The maximum atomic E-state index is 13.2. The molecule has 3 fully saturated rings. The minimum atomic E-state index is -3.82. The highest BCUT2D eigenvalue weighted by Gasteiger charge is 2.48. The van der Waals surface area contributed by atoms with Crippen molar-refractivity contribution in [3.63, 3.8) is 0 Å². The summed E-state index contributed by atoms with van der Waals surface area (Å²) in [6, 6.07) is 0. The fourth-order valence-electron chi connectivity index (χ4n) is 3.72. The molecular weight excluding hydrogens is 387 g/mol. The van der Waals surface area contributed by atoms with Crippen LogP contribution in [-0.4, -0.2) is 68.6 Å². The standard InChI is InChI=1S/C19H35O8P/c1-12(2)22-11-18-15(6-8-21-18)26-28(20)23-9-7-16(27-28)19-17(24-13(3)4)10-14(5)25-19/h12-19H,6-11H2,1-5H3/t14-,15-,16+,17-,18+,19+,28-/m0/s1/i8T/t8-,14+,15+,16-,17+,18-,19-,28+/m1. The minimum absolute atomic E-state index is 0.0194. The molecule has 0 radical (unpaired) electrons. The van der Waals surface area contributed by atoms with Crippen molar-refractivity contribution >= 4 is 7.82 Å². The Morgan fingerprint density at radius 1 is 1.18 bits per heavy atom. The van der Waals surface area contributed by atoms with Crippen LogP contribution in [0.1, 0.15) is 55.3 Å². The van der Waals surface area contributed by atoms with Gasteiger partial charge in [0.25, 0.3) is 0 Å². The Labute approximate surface area is 169 Å². The third kappa shape index (κ3) is 5.99. The highest BCUT2D eigenvalue weighted by Crippen LogP contribution is 2.56. The van der Waals surface area contributed by atoms with Crippen LogP contribution in [0, 0.1) is 0 Å². The molecule has 3 heterocycles. The molecule has 8 atom stereocenters. The Bertz CT molecular complexity index is 576. The first kappa shape index (κ1) is 21.2. The molecule has 3 rings (SSSR count). The summed E-state index contributed by atoms with van der Waals surface area (Å²) < 4.78 is 61.3. The molecule has 0 aromatic heterocycles. The van der Waals surface area contributed by atoms with E-state index in [1.54, 1.807) is 0 Å². The fraction of sp³-hybridized carbons (Fsp3) is 1.00. The van der Waals surface area contributed by atoms with Gasteiger partial charge in [0.2, 0.25) is 0 Å². The van der Waals surface area contributed by atoms with E-state index >= 15 is 0 Å². The third-order valence-corrected chi connectivity index (χ3v) is 6.48. The Hall–Kier alpha value is -0.0500. The van der Waals surface area contributed by atoms with Crippen molar-refractivity contribution in [1.29, 1.82) is 0 Å². The summed E-state index contributed by atoms with van der Waals surface area (Å²) in [5.41, 5.74) is 0. The number of hydrogen-bond donors (Lipinski definition) is 0. The molecule has 0 saturated carbocycles. The number of phosphoric ester groups is 1. The van der Waals surface area contributed by atoms with Crippen LogP contribution in [0.2, 0.25) is 0 Å². The van der Waals surface area contributed by atoms with E-state index in [0.717, 1.165) is 6.42 Å². The summed E-state index contributed by atoms with van der Waals surface area (Å²) in [7, 11) is -3.82. The van der Waals surface area contributed by atoms with Gasteiger partial charge in [0.15, 0.2) is 0 Å². The summed E-state index contributed by atoms with van der Waals surface area (Å²) in [6.45, 7) is 9.55. The van der Waals surface area contributed by atoms with Crippen molar-refractivity contribution in [3.8, 4) is 0 Å². The first-order chi connectivity index (χ1) is 13.6. The molecule has 9 heteroatoms. The summed E-state index contributed by atoms with van der Waals surface area (Å²) in [6.07, 6.45) is -0.252. The number of phosphoric acid groups is 1. The van der Waals surface area contributed by atoms with Gasteiger partial charge in [-0.3, -0.25) is 13.6 Å². The smallest absolute Gasteiger partial charge is 0.376 e. The first-order valence-electron chi connectivity index (χ1n) is 10.8. The van der Waals surface area contributed by atoms with Crippen molar-refractivity contribution in [3.05, 3.63) is 0 Å². The molecule has 0 N–H and O–H groups in total. The lowest BCUT2D eigenvalue weighted by Crippen LogP contribution is -2.41. The zero-order chi connectivity index (χ0) is 21.2. The van der Waals surface area contributed by atoms with Crippen LogP contribution in [0.5, 0.6) is 0 Å². The van der Waals surface area contributed by atoms with Crippen molar-refractivity contribution in [1.82, 2.24) is 0 Å².